The number of hydrogen-bond donors (Lipinski definition) is 2. The maximum atomic E-state index is 12.2. The molecule has 0 saturated carbocycles. The van der Waals surface area contributed by atoms with E-state index in [1.807, 2.05) is 19.1 Å². The van der Waals surface area contributed by atoms with E-state index < -0.39 is 15.9 Å². The average Bonchev–Trinajstić information content (AvgIpc) is 2.49. The van der Waals surface area contributed by atoms with E-state index in [4.69, 9.17) is 11.6 Å². The molecular formula is C15H15ClN2O3S. The predicted molar refractivity (Wildman–Crippen MR) is 86.8 cm³/mol. The van der Waals surface area contributed by atoms with E-state index in [1.54, 1.807) is 12.1 Å². The molecule has 2 rings (SSSR count). The van der Waals surface area contributed by atoms with E-state index in [-0.39, 0.29) is 15.5 Å². The van der Waals surface area contributed by atoms with E-state index in [0.29, 0.717) is 5.69 Å². The summed E-state index contributed by atoms with van der Waals surface area (Å²) in [6.07, 6.45) is 0. The Bertz CT molecular complexity index is 802. The lowest BCUT2D eigenvalue weighted by atomic mass is 10.2. The van der Waals surface area contributed by atoms with Crippen molar-refractivity contribution in [2.75, 3.05) is 12.4 Å². The Kier molecular flexibility index (Phi) is 4.85. The number of carbonyl (C=O) groups is 1. The first-order valence-electron chi connectivity index (χ1n) is 6.44. The largest absolute Gasteiger partial charge is 0.322 e. The number of carbonyl (C=O) groups excluding carboxylic acids is 1. The lowest BCUT2D eigenvalue weighted by molar-refractivity contribution is 0.102. The monoisotopic (exact) mass is 338 g/mol. The van der Waals surface area contributed by atoms with Crippen molar-refractivity contribution in [3.05, 3.63) is 58.6 Å². The summed E-state index contributed by atoms with van der Waals surface area (Å²) in [7, 11) is -2.44. The molecule has 2 aromatic rings. The van der Waals surface area contributed by atoms with Crippen LogP contribution in [0.2, 0.25) is 5.02 Å². The van der Waals surface area contributed by atoms with Crippen molar-refractivity contribution < 1.29 is 13.2 Å². The molecule has 0 heterocycles. The van der Waals surface area contributed by atoms with Crippen LogP contribution in [-0.2, 0) is 10.0 Å². The third kappa shape index (κ3) is 3.65. The molecule has 0 aliphatic rings. The SMILES string of the molecule is CNS(=O)(=O)c1cc(C(=O)Nc2ccc(C)cc2)ccc1Cl. The van der Waals surface area contributed by atoms with Crippen LogP contribution in [0.5, 0.6) is 0 Å². The van der Waals surface area contributed by atoms with Crippen molar-refractivity contribution in [3.63, 3.8) is 0 Å². The molecule has 0 radical (unpaired) electrons. The smallest absolute Gasteiger partial charge is 0.255 e. The first kappa shape index (κ1) is 16.5. The van der Waals surface area contributed by atoms with Gasteiger partial charge >= 0.3 is 0 Å². The number of sulfonamides is 1. The fraction of sp³-hybridized carbons (Fsp3) is 0.133. The molecule has 2 N–H and O–H groups in total. The first-order valence-corrected chi connectivity index (χ1v) is 8.31. The molecule has 0 aliphatic heterocycles. The van der Waals surface area contributed by atoms with Crippen molar-refractivity contribution >= 4 is 33.2 Å². The lowest BCUT2D eigenvalue weighted by Gasteiger charge is -2.09. The second-order valence-electron chi connectivity index (χ2n) is 4.67. The number of anilines is 1. The highest BCUT2D eigenvalue weighted by Crippen LogP contribution is 2.23. The van der Waals surface area contributed by atoms with E-state index in [2.05, 4.69) is 10.0 Å². The molecule has 0 saturated heterocycles. The highest BCUT2D eigenvalue weighted by atomic mass is 35.5. The van der Waals surface area contributed by atoms with E-state index in [1.165, 1.54) is 25.2 Å². The Morgan fingerprint density at radius 3 is 2.32 bits per heavy atom. The third-order valence-electron chi connectivity index (χ3n) is 3.06. The van der Waals surface area contributed by atoms with Crippen LogP contribution in [0.3, 0.4) is 0 Å². The Hall–Kier alpha value is -1.89. The van der Waals surface area contributed by atoms with Crippen LogP contribution in [-0.4, -0.2) is 21.4 Å². The van der Waals surface area contributed by atoms with Gasteiger partial charge in [0.25, 0.3) is 5.91 Å². The number of nitrogens with one attached hydrogen (secondary N) is 2. The molecule has 0 unspecified atom stereocenters. The number of benzene rings is 2. The summed E-state index contributed by atoms with van der Waals surface area (Å²) >= 11 is 5.89. The summed E-state index contributed by atoms with van der Waals surface area (Å²) in [5.74, 6) is -0.409. The second kappa shape index (κ2) is 6.48. The zero-order valence-electron chi connectivity index (χ0n) is 12.1. The zero-order valence-corrected chi connectivity index (χ0v) is 13.6. The molecule has 116 valence electrons. The summed E-state index contributed by atoms with van der Waals surface area (Å²) < 4.78 is 25.9. The van der Waals surface area contributed by atoms with Crippen molar-refractivity contribution in [3.8, 4) is 0 Å². The van der Waals surface area contributed by atoms with E-state index >= 15 is 0 Å². The van der Waals surface area contributed by atoms with Crippen LogP contribution in [0.4, 0.5) is 5.69 Å². The molecule has 7 heteroatoms. The standard InChI is InChI=1S/C15H15ClN2O3S/c1-10-3-6-12(7-4-10)18-15(19)11-5-8-13(16)14(9-11)22(20,21)17-2/h3-9,17H,1-2H3,(H,18,19). The van der Waals surface area contributed by atoms with Gasteiger partial charge in [-0.1, -0.05) is 29.3 Å². The van der Waals surface area contributed by atoms with Crippen LogP contribution in [0.15, 0.2) is 47.4 Å². The van der Waals surface area contributed by atoms with Gasteiger partial charge in [-0.3, -0.25) is 4.79 Å². The van der Waals surface area contributed by atoms with Crippen molar-refractivity contribution in [1.29, 1.82) is 0 Å². The molecule has 0 aliphatic carbocycles. The van der Waals surface area contributed by atoms with Gasteiger partial charge in [-0.05, 0) is 44.3 Å². The highest BCUT2D eigenvalue weighted by Gasteiger charge is 2.18. The van der Waals surface area contributed by atoms with Crippen LogP contribution in [0, 0.1) is 6.92 Å². The van der Waals surface area contributed by atoms with Crippen molar-refractivity contribution in [2.45, 2.75) is 11.8 Å². The molecule has 1 amide bonds. The third-order valence-corrected chi connectivity index (χ3v) is 4.96. The van der Waals surface area contributed by atoms with Crippen LogP contribution in [0.25, 0.3) is 0 Å². The summed E-state index contributed by atoms with van der Waals surface area (Å²) in [6, 6.07) is 11.4. The van der Waals surface area contributed by atoms with Gasteiger partial charge in [-0.15, -0.1) is 0 Å². The number of hydrogen-bond acceptors (Lipinski definition) is 3. The van der Waals surface area contributed by atoms with Gasteiger partial charge in [0, 0.05) is 11.3 Å². The van der Waals surface area contributed by atoms with Crippen molar-refractivity contribution in [2.24, 2.45) is 0 Å². The first-order chi connectivity index (χ1) is 10.3. The van der Waals surface area contributed by atoms with Gasteiger partial charge in [0.15, 0.2) is 0 Å². The fourth-order valence-electron chi connectivity index (χ4n) is 1.80. The minimum Gasteiger partial charge on any atom is -0.322 e. The minimum absolute atomic E-state index is 0.0567. The molecule has 5 nitrogen and oxygen atoms in total. The van der Waals surface area contributed by atoms with Crippen LogP contribution >= 0.6 is 11.6 Å². The average molecular weight is 339 g/mol. The van der Waals surface area contributed by atoms with Gasteiger partial charge in [-0.25, -0.2) is 13.1 Å². The Labute approximate surface area is 134 Å². The van der Waals surface area contributed by atoms with Gasteiger partial charge in [0.05, 0.1) is 5.02 Å². The second-order valence-corrected chi connectivity index (χ2v) is 6.94. The summed E-state index contributed by atoms with van der Waals surface area (Å²) in [4.78, 5) is 12.1. The Morgan fingerprint density at radius 1 is 1.09 bits per heavy atom. The fourth-order valence-corrected chi connectivity index (χ4v) is 3.05. The molecule has 0 spiro atoms. The maximum Gasteiger partial charge on any atom is 0.255 e. The van der Waals surface area contributed by atoms with Crippen LogP contribution < -0.4 is 10.0 Å². The van der Waals surface area contributed by atoms with Gasteiger partial charge in [0.1, 0.15) is 4.90 Å². The molecule has 22 heavy (non-hydrogen) atoms. The lowest BCUT2D eigenvalue weighted by Crippen LogP contribution is -2.20. The van der Waals surface area contributed by atoms with E-state index in [9.17, 15) is 13.2 Å². The quantitative estimate of drug-likeness (QED) is 0.900. The number of rotatable bonds is 4. The van der Waals surface area contributed by atoms with Crippen molar-refractivity contribution in [1.82, 2.24) is 4.72 Å². The number of aryl methyl sites for hydroxylation is 1. The predicted octanol–water partition coefficient (Wildman–Crippen LogP) is 2.81. The topological polar surface area (TPSA) is 75.3 Å². The molecule has 0 fully saturated rings. The zero-order chi connectivity index (χ0) is 16.3. The summed E-state index contributed by atoms with van der Waals surface area (Å²) in [6.45, 7) is 1.94. The highest BCUT2D eigenvalue weighted by molar-refractivity contribution is 7.89. The number of halogens is 1. The molecule has 0 bridgehead atoms. The van der Waals surface area contributed by atoms with E-state index in [0.717, 1.165) is 5.56 Å². The molecular weight excluding hydrogens is 324 g/mol. The molecule has 2 aromatic carbocycles. The van der Waals surface area contributed by atoms with Crippen LogP contribution in [0.1, 0.15) is 15.9 Å². The Balaban J connectivity index is 2.31. The normalized spacial score (nSPS) is 11.2. The minimum atomic E-state index is -3.73. The number of amides is 1. The summed E-state index contributed by atoms with van der Waals surface area (Å²) in [5, 5.41) is 2.76. The molecule has 0 aromatic heterocycles. The maximum absolute atomic E-state index is 12.2. The van der Waals surface area contributed by atoms with Gasteiger partial charge in [0.2, 0.25) is 10.0 Å². The van der Waals surface area contributed by atoms with Gasteiger partial charge in [-0.2, -0.15) is 0 Å². The summed E-state index contributed by atoms with van der Waals surface area (Å²) in [5.41, 5.74) is 1.91. The van der Waals surface area contributed by atoms with Gasteiger partial charge < -0.3 is 5.32 Å². The Morgan fingerprint density at radius 2 is 1.73 bits per heavy atom. The molecule has 0 atom stereocenters.